The largest absolute Gasteiger partial charge is 0.343 e. The van der Waals surface area contributed by atoms with Gasteiger partial charge in [-0.3, -0.25) is 9.59 Å². The van der Waals surface area contributed by atoms with E-state index in [4.69, 9.17) is 0 Å². The van der Waals surface area contributed by atoms with Gasteiger partial charge in [0.2, 0.25) is 11.8 Å². The maximum absolute atomic E-state index is 13.8. The van der Waals surface area contributed by atoms with Crippen LogP contribution in [0.25, 0.3) is 11.1 Å². The molecule has 136 valence electrons. The van der Waals surface area contributed by atoms with Gasteiger partial charge in [0, 0.05) is 37.7 Å². The van der Waals surface area contributed by atoms with E-state index in [0.717, 1.165) is 31.5 Å². The summed E-state index contributed by atoms with van der Waals surface area (Å²) in [6, 6.07) is 13.8. The summed E-state index contributed by atoms with van der Waals surface area (Å²) in [6.07, 6.45) is 2.18. The van der Waals surface area contributed by atoms with Gasteiger partial charge >= 0.3 is 0 Å². The summed E-state index contributed by atoms with van der Waals surface area (Å²) >= 11 is 0. The molecule has 1 fully saturated rings. The molecule has 0 saturated carbocycles. The topological polar surface area (TPSA) is 49.4 Å². The van der Waals surface area contributed by atoms with Crippen molar-refractivity contribution in [1.29, 1.82) is 0 Å². The van der Waals surface area contributed by atoms with Crippen LogP contribution in [0.2, 0.25) is 0 Å². The Kier molecular flexibility index (Phi) is 5.66. The minimum Gasteiger partial charge on any atom is -0.343 e. The highest BCUT2D eigenvalue weighted by atomic mass is 19.1. The van der Waals surface area contributed by atoms with Crippen LogP contribution in [0.1, 0.15) is 26.2 Å². The van der Waals surface area contributed by atoms with E-state index in [1.165, 1.54) is 6.07 Å². The summed E-state index contributed by atoms with van der Waals surface area (Å²) < 4.78 is 13.8. The highest BCUT2D eigenvalue weighted by molar-refractivity contribution is 5.91. The van der Waals surface area contributed by atoms with Crippen molar-refractivity contribution in [1.82, 2.24) is 4.90 Å². The van der Waals surface area contributed by atoms with Gasteiger partial charge in [-0.05, 0) is 42.5 Å². The van der Waals surface area contributed by atoms with E-state index in [1.54, 1.807) is 49.4 Å². The number of nitrogens with zero attached hydrogens (tertiary/aromatic N) is 1. The van der Waals surface area contributed by atoms with Crippen LogP contribution in [0.4, 0.5) is 10.1 Å². The molecule has 2 aromatic carbocycles. The summed E-state index contributed by atoms with van der Waals surface area (Å²) in [7, 11) is 0. The molecule has 26 heavy (non-hydrogen) atoms. The first-order chi connectivity index (χ1) is 12.5. The van der Waals surface area contributed by atoms with Crippen LogP contribution in [0, 0.1) is 11.7 Å². The first kappa shape index (κ1) is 18.1. The van der Waals surface area contributed by atoms with Gasteiger partial charge in [0.05, 0.1) is 0 Å². The molecule has 5 heteroatoms. The van der Waals surface area contributed by atoms with Crippen molar-refractivity contribution in [3.8, 4) is 11.1 Å². The van der Waals surface area contributed by atoms with E-state index >= 15 is 0 Å². The molecule has 0 aromatic heterocycles. The Labute approximate surface area is 153 Å². The van der Waals surface area contributed by atoms with Crippen molar-refractivity contribution < 1.29 is 14.0 Å². The second-order valence-corrected chi connectivity index (χ2v) is 6.76. The molecule has 4 nitrogen and oxygen atoms in total. The predicted molar refractivity (Wildman–Crippen MR) is 100 cm³/mol. The van der Waals surface area contributed by atoms with E-state index in [1.807, 2.05) is 4.90 Å². The van der Waals surface area contributed by atoms with Crippen molar-refractivity contribution >= 4 is 17.5 Å². The van der Waals surface area contributed by atoms with E-state index in [2.05, 4.69) is 5.32 Å². The second-order valence-electron chi connectivity index (χ2n) is 6.76. The molecule has 0 bridgehead atoms. The van der Waals surface area contributed by atoms with Gasteiger partial charge in [0.25, 0.3) is 0 Å². The highest BCUT2D eigenvalue weighted by Crippen LogP contribution is 2.25. The van der Waals surface area contributed by atoms with Crippen LogP contribution in [0.15, 0.2) is 48.5 Å². The van der Waals surface area contributed by atoms with Crippen LogP contribution in [-0.4, -0.2) is 29.8 Å². The lowest BCUT2D eigenvalue weighted by atomic mass is 9.93. The molecule has 2 amide bonds. The fourth-order valence-electron chi connectivity index (χ4n) is 3.35. The van der Waals surface area contributed by atoms with Crippen molar-refractivity contribution in [3.63, 3.8) is 0 Å². The number of carbonyl (C=O) groups is 2. The number of likely N-dealkylation sites (tertiary alicyclic amines) is 1. The monoisotopic (exact) mass is 354 g/mol. The average Bonchev–Trinajstić information content (AvgIpc) is 2.63. The zero-order valence-electron chi connectivity index (χ0n) is 14.9. The summed E-state index contributed by atoms with van der Waals surface area (Å²) in [4.78, 5) is 25.4. The maximum atomic E-state index is 13.8. The van der Waals surface area contributed by atoms with Crippen LogP contribution < -0.4 is 5.32 Å². The SMILES string of the molecule is CC(=O)N1CCC(CC(=O)Nc2ccc(-c3ccccc3F)cc2)CC1. The van der Waals surface area contributed by atoms with Crippen molar-refractivity contribution in [3.05, 3.63) is 54.3 Å². The molecule has 0 radical (unpaired) electrons. The smallest absolute Gasteiger partial charge is 0.224 e. The fraction of sp³-hybridized carbons (Fsp3) is 0.333. The van der Waals surface area contributed by atoms with Gasteiger partial charge in [-0.15, -0.1) is 0 Å². The third-order valence-corrected chi connectivity index (χ3v) is 4.89. The number of piperidine rings is 1. The quantitative estimate of drug-likeness (QED) is 0.899. The van der Waals surface area contributed by atoms with E-state index in [-0.39, 0.29) is 17.6 Å². The number of nitrogens with one attached hydrogen (secondary N) is 1. The minimum absolute atomic E-state index is 0.0232. The molecule has 3 rings (SSSR count). The highest BCUT2D eigenvalue weighted by Gasteiger charge is 2.22. The molecule has 0 atom stereocenters. The molecular formula is C21H23FN2O2. The average molecular weight is 354 g/mol. The number of rotatable bonds is 4. The van der Waals surface area contributed by atoms with Gasteiger partial charge in [-0.2, -0.15) is 0 Å². The summed E-state index contributed by atoms with van der Waals surface area (Å²) in [5.74, 6) is 0.122. The van der Waals surface area contributed by atoms with Crippen LogP contribution in [-0.2, 0) is 9.59 Å². The number of benzene rings is 2. The third kappa shape index (κ3) is 4.48. The Hall–Kier alpha value is -2.69. The van der Waals surface area contributed by atoms with Crippen LogP contribution >= 0.6 is 0 Å². The zero-order chi connectivity index (χ0) is 18.5. The number of hydrogen-bond donors (Lipinski definition) is 1. The van der Waals surface area contributed by atoms with Gasteiger partial charge in [0.15, 0.2) is 0 Å². The van der Waals surface area contributed by atoms with Gasteiger partial charge < -0.3 is 10.2 Å². The molecular weight excluding hydrogens is 331 g/mol. The number of hydrogen-bond acceptors (Lipinski definition) is 2. The van der Waals surface area contributed by atoms with Gasteiger partial charge in [-0.1, -0.05) is 30.3 Å². The van der Waals surface area contributed by atoms with E-state index < -0.39 is 0 Å². The Morgan fingerprint density at radius 1 is 1.08 bits per heavy atom. The molecule has 1 heterocycles. The molecule has 2 aromatic rings. The first-order valence-corrected chi connectivity index (χ1v) is 8.93. The Bertz CT molecular complexity index is 781. The number of amides is 2. The molecule has 1 N–H and O–H groups in total. The summed E-state index contributed by atoms with van der Waals surface area (Å²) in [6.45, 7) is 3.03. The number of halogens is 1. The minimum atomic E-state index is -0.263. The standard InChI is InChI=1S/C21H23FN2O2/c1-15(25)24-12-10-16(11-13-24)14-21(26)23-18-8-6-17(7-9-18)19-4-2-3-5-20(19)22/h2-9,16H,10-14H2,1H3,(H,23,26). The van der Waals surface area contributed by atoms with Gasteiger partial charge in [-0.25, -0.2) is 4.39 Å². The maximum Gasteiger partial charge on any atom is 0.224 e. The lowest BCUT2D eigenvalue weighted by Crippen LogP contribution is -2.37. The molecule has 0 unspecified atom stereocenters. The first-order valence-electron chi connectivity index (χ1n) is 8.93. The van der Waals surface area contributed by atoms with Crippen LogP contribution in [0.3, 0.4) is 0 Å². The number of carbonyl (C=O) groups excluding carboxylic acids is 2. The Morgan fingerprint density at radius 3 is 2.35 bits per heavy atom. The van der Waals surface area contributed by atoms with Crippen molar-refractivity contribution in [2.24, 2.45) is 5.92 Å². The summed E-state index contributed by atoms with van der Waals surface area (Å²) in [5, 5.41) is 2.90. The second kappa shape index (κ2) is 8.13. The molecule has 0 aliphatic carbocycles. The Balaban J connectivity index is 1.54. The normalized spacial score (nSPS) is 14.9. The summed E-state index contributed by atoms with van der Waals surface area (Å²) in [5.41, 5.74) is 2.02. The lowest BCUT2D eigenvalue weighted by Gasteiger charge is -2.30. The third-order valence-electron chi connectivity index (χ3n) is 4.89. The van der Waals surface area contributed by atoms with Crippen molar-refractivity contribution in [2.75, 3.05) is 18.4 Å². The Morgan fingerprint density at radius 2 is 1.73 bits per heavy atom. The molecule has 0 spiro atoms. The fourth-order valence-corrected chi connectivity index (χ4v) is 3.35. The molecule has 1 saturated heterocycles. The number of anilines is 1. The lowest BCUT2D eigenvalue weighted by molar-refractivity contribution is -0.130. The molecule has 1 aliphatic heterocycles. The van der Waals surface area contributed by atoms with Gasteiger partial charge in [0.1, 0.15) is 5.82 Å². The molecule has 1 aliphatic rings. The van der Waals surface area contributed by atoms with E-state index in [0.29, 0.717) is 23.6 Å². The zero-order valence-corrected chi connectivity index (χ0v) is 14.9. The van der Waals surface area contributed by atoms with Crippen molar-refractivity contribution in [2.45, 2.75) is 26.2 Å². The van der Waals surface area contributed by atoms with Crippen LogP contribution in [0.5, 0.6) is 0 Å². The predicted octanol–water partition coefficient (Wildman–Crippen LogP) is 4.08. The van der Waals surface area contributed by atoms with E-state index in [9.17, 15) is 14.0 Å².